The van der Waals surface area contributed by atoms with Gasteiger partial charge in [0.25, 0.3) is 5.91 Å². The lowest BCUT2D eigenvalue weighted by Crippen LogP contribution is -2.20. The fraction of sp³-hybridized carbons (Fsp3) is 0.0667. The van der Waals surface area contributed by atoms with Crippen molar-refractivity contribution in [2.24, 2.45) is 10.9 Å². The van der Waals surface area contributed by atoms with Crippen molar-refractivity contribution in [3.8, 4) is 0 Å². The Balaban J connectivity index is 2.35. The minimum Gasteiger partial charge on any atom is -0.409 e. The van der Waals surface area contributed by atoms with E-state index in [-0.39, 0.29) is 11.4 Å². The minimum absolute atomic E-state index is 0.0655. The van der Waals surface area contributed by atoms with Crippen molar-refractivity contribution in [3.63, 3.8) is 0 Å². The van der Waals surface area contributed by atoms with E-state index in [1.165, 1.54) is 6.07 Å². The minimum atomic E-state index is -0.602. The second-order valence-electron chi connectivity index (χ2n) is 4.42. The van der Waals surface area contributed by atoms with Crippen LogP contribution in [0, 0.1) is 12.7 Å². The zero-order chi connectivity index (χ0) is 15.4. The molecule has 0 saturated heterocycles. The van der Waals surface area contributed by atoms with E-state index in [1.807, 2.05) is 0 Å². The van der Waals surface area contributed by atoms with Crippen molar-refractivity contribution in [1.29, 1.82) is 0 Å². The smallest absolute Gasteiger partial charge is 0.258 e. The third kappa shape index (κ3) is 3.00. The Morgan fingerprint density at radius 1 is 1.19 bits per heavy atom. The third-order valence-electron chi connectivity index (χ3n) is 3.00. The zero-order valence-corrected chi connectivity index (χ0v) is 11.3. The summed E-state index contributed by atoms with van der Waals surface area (Å²) >= 11 is 0. The van der Waals surface area contributed by atoms with Crippen molar-refractivity contribution in [3.05, 3.63) is 65.0 Å². The van der Waals surface area contributed by atoms with Gasteiger partial charge in [-0.1, -0.05) is 29.4 Å². The van der Waals surface area contributed by atoms with E-state index in [4.69, 9.17) is 10.9 Å². The van der Waals surface area contributed by atoms with Crippen molar-refractivity contribution in [2.45, 2.75) is 6.92 Å². The van der Waals surface area contributed by atoms with E-state index in [0.29, 0.717) is 16.8 Å². The second-order valence-corrected chi connectivity index (χ2v) is 4.42. The number of nitrogens with two attached hydrogens (primary N) is 1. The largest absolute Gasteiger partial charge is 0.409 e. The van der Waals surface area contributed by atoms with E-state index in [1.54, 1.807) is 43.3 Å². The van der Waals surface area contributed by atoms with Gasteiger partial charge in [0, 0.05) is 5.56 Å². The summed E-state index contributed by atoms with van der Waals surface area (Å²) in [7, 11) is 0. The molecular formula is C15H14FN3O2. The van der Waals surface area contributed by atoms with E-state index >= 15 is 0 Å². The van der Waals surface area contributed by atoms with Gasteiger partial charge in [-0.15, -0.1) is 0 Å². The lowest BCUT2D eigenvalue weighted by molar-refractivity contribution is 0.102. The maximum absolute atomic E-state index is 13.9. The Bertz CT molecular complexity index is 714. The van der Waals surface area contributed by atoms with Gasteiger partial charge >= 0.3 is 0 Å². The average molecular weight is 287 g/mol. The number of carbonyl (C=O) groups excluding carboxylic acids is 1. The van der Waals surface area contributed by atoms with Crippen LogP contribution in [0.2, 0.25) is 0 Å². The number of para-hydroxylation sites is 1. The first kappa shape index (κ1) is 14.5. The van der Waals surface area contributed by atoms with Crippen LogP contribution in [0.5, 0.6) is 0 Å². The molecule has 0 heterocycles. The normalized spacial score (nSPS) is 11.2. The Labute approximate surface area is 120 Å². The number of anilines is 1. The van der Waals surface area contributed by atoms with Gasteiger partial charge in [-0.2, -0.15) is 0 Å². The number of rotatable bonds is 3. The molecule has 21 heavy (non-hydrogen) atoms. The molecule has 1 amide bonds. The van der Waals surface area contributed by atoms with E-state index in [9.17, 15) is 9.18 Å². The molecule has 0 unspecified atom stereocenters. The molecule has 0 fully saturated rings. The predicted molar refractivity (Wildman–Crippen MR) is 78.0 cm³/mol. The highest BCUT2D eigenvalue weighted by Crippen LogP contribution is 2.18. The molecule has 0 spiro atoms. The molecule has 108 valence electrons. The number of benzene rings is 2. The summed E-state index contributed by atoms with van der Waals surface area (Å²) in [5.74, 6) is -1.32. The number of halogens is 1. The monoisotopic (exact) mass is 287 g/mol. The molecule has 0 saturated carbocycles. The van der Waals surface area contributed by atoms with Crippen molar-refractivity contribution in [1.82, 2.24) is 0 Å². The Kier molecular flexibility index (Phi) is 4.18. The lowest BCUT2D eigenvalue weighted by Gasteiger charge is -2.11. The van der Waals surface area contributed by atoms with Crippen LogP contribution < -0.4 is 11.1 Å². The number of hydrogen-bond acceptors (Lipinski definition) is 3. The number of oxime groups is 1. The van der Waals surface area contributed by atoms with E-state index in [2.05, 4.69) is 10.5 Å². The van der Waals surface area contributed by atoms with E-state index in [0.717, 1.165) is 0 Å². The summed E-state index contributed by atoms with van der Waals surface area (Å²) in [6.45, 7) is 1.58. The lowest BCUT2D eigenvalue weighted by atomic mass is 10.1. The Morgan fingerprint density at radius 2 is 1.86 bits per heavy atom. The number of nitrogens with zero attached hydrogens (tertiary/aromatic N) is 1. The van der Waals surface area contributed by atoms with Gasteiger partial charge in [0.05, 0.1) is 11.3 Å². The van der Waals surface area contributed by atoms with Crippen LogP contribution in [-0.2, 0) is 0 Å². The van der Waals surface area contributed by atoms with Crippen molar-refractivity contribution in [2.75, 3.05) is 5.32 Å². The maximum Gasteiger partial charge on any atom is 0.258 e. The number of aryl methyl sites for hydroxylation is 1. The summed E-state index contributed by atoms with van der Waals surface area (Å²) in [4.78, 5) is 12.2. The van der Waals surface area contributed by atoms with Crippen LogP contribution in [0.25, 0.3) is 0 Å². The van der Waals surface area contributed by atoms with Crippen LogP contribution in [0.1, 0.15) is 21.5 Å². The molecule has 5 nitrogen and oxygen atoms in total. The quantitative estimate of drug-likeness (QED) is 0.351. The molecule has 0 atom stereocenters. The summed E-state index contributed by atoms with van der Waals surface area (Å²) in [6, 6.07) is 11.1. The maximum atomic E-state index is 13.9. The highest BCUT2D eigenvalue weighted by molar-refractivity contribution is 6.09. The summed E-state index contributed by atoms with van der Waals surface area (Å²) in [6.07, 6.45) is 0. The molecule has 0 aliphatic rings. The van der Waals surface area contributed by atoms with Crippen LogP contribution in [0.4, 0.5) is 10.1 Å². The van der Waals surface area contributed by atoms with Gasteiger partial charge in [-0.25, -0.2) is 4.39 Å². The SMILES string of the molecule is Cc1cccc(C(=O)Nc2ccccc2/C(N)=N/O)c1F. The number of nitrogens with one attached hydrogen (secondary N) is 1. The molecule has 0 aliphatic heterocycles. The topological polar surface area (TPSA) is 87.7 Å². The summed E-state index contributed by atoms with van der Waals surface area (Å²) in [5.41, 5.74) is 6.54. The highest BCUT2D eigenvalue weighted by atomic mass is 19.1. The molecule has 2 aromatic carbocycles. The molecule has 6 heteroatoms. The fourth-order valence-corrected chi connectivity index (χ4v) is 1.88. The molecule has 0 radical (unpaired) electrons. The Hall–Kier alpha value is -2.89. The average Bonchev–Trinajstić information content (AvgIpc) is 2.49. The summed E-state index contributed by atoms with van der Waals surface area (Å²) in [5, 5.41) is 14.2. The molecule has 0 aliphatic carbocycles. The van der Waals surface area contributed by atoms with Crippen LogP contribution >= 0.6 is 0 Å². The van der Waals surface area contributed by atoms with Crippen LogP contribution in [-0.4, -0.2) is 17.0 Å². The van der Waals surface area contributed by atoms with Gasteiger partial charge in [0.2, 0.25) is 0 Å². The van der Waals surface area contributed by atoms with Gasteiger partial charge in [0.15, 0.2) is 5.84 Å². The van der Waals surface area contributed by atoms with Crippen molar-refractivity contribution >= 4 is 17.4 Å². The van der Waals surface area contributed by atoms with Gasteiger partial charge in [0.1, 0.15) is 5.82 Å². The highest BCUT2D eigenvalue weighted by Gasteiger charge is 2.15. The van der Waals surface area contributed by atoms with Gasteiger partial charge < -0.3 is 16.3 Å². The Morgan fingerprint density at radius 3 is 2.57 bits per heavy atom. The number of carbonyl (C=O) groups is 1. The first-order valence-electron chi connectivity index (χ1n) is 6.18. The molecule has 0 aromatic heterocycles. The molecule has 4 N–H and O–H groups in total. The fourth-order valence-electron chi connectivity index (χ4n) is 1.88. The summed E-state index contributed by atoms with van der Waals surface area (Å²) < 4.78 is 13.9. The molecular weight excluding hydrogens is 273 g/mol. The van der Waals surface area contributed by atoms with Crippen LogP contribution in [0.3, 0.4) is 0 Å². The molecule has 2 aromatic rings. The van der Waals surface area contributed by atoms with Crippen molar-refractivity contribution < 1.29 is 14.4 Å². The third-order valence-corrected chi connectivity index (χ3v) is 3.00. The van der Waals surface area contributed by atoms with Crippen LogP contribution in [0.15, 0.2) is 47.6 Å². The first-order chi connectivity index (χ1) is 10.0. The number of amidine groups is 1. The predicted octanol–water partition coefficient (Wildman–Crippen LogP) is 2.48. The van der Waals surface area contributed by atoms with Gasteiger partial charge in [-0.3, -0.25) is 4.79 Å². The molecule has 0 bridgehead atoms. The first-order valence-corrected chi connectivity index (χ1v) is 6.18. The standard InChI is InChI=1S/C15H14FN3O2/c1-9-5-4-7-11(13(9)16)15(20)18-12-8-3-2-6-10(12)14(17)19-21/h2-8,21H,1H3,(H2,17,19)(H,18,20). The van der Waals surface area contributed by atoms with Gasteiger partial charge in [-0.05, 0) is 30.7 Å². The number of amides is 1. The van der Waals surface area contributed by atoms with E-state index < -0.39 is 11.7 Å². The zero-order valence-electron chi connectivity index (χ0n) is 11.3. The second kappa shape index (κ2) is 6.04. The molecule has 2 rings (SSSR count). The number of hydrogen-bond donors (Lipinski definition) is 3.